The highest BCUT2D eigenvalue weighted by Gasteiger charge is 2.07. The quantitative estimate of drug-likeness (QED) is 0.769. The van der Waals surface area contributed by atoms with Gasteiger partial charge in [-0.1, -0.05) is 0 Å². The molecule has 0 aliphatic heterocycles. The lowest BCUT2D eigenvalue weighted by molar-refractivity contribution is 0.102. The number of aromatic nitrogens is 3. The maximum Gasteiger partial charge on any atom is 0.276 e. The van der Waals surface area contributed by atoms with Crippen molar-refractivity contribution in [2.24, 2.45) is 0 Å². The molecule has 2 aromatic rings. The molecule has 0 bridgehead atoms. The molecule has 0 aromatic carbocycles. The van der Waals surface area contributed by atoms with Gasteiger partial charge in [0.2, 0.25) is 5.95 Å². The molecule has 0 saturated carbocycles. The minimum absolute atomic E-state index is 0.242. The Hall–Kier alpha value is -2.50. The Balaban J connectivity index is 2.12. The van der Waals surface area contributed by atoms with E-state index in [1.807, 2.05) is 0 Å². The van der Waals surface area contributed by atoms with Crippen molar-refractivity contribution < 1.29 is 4.79 Å². The molecule has 6 nitrogen and oxygen atoms in total. The monoisotopic (exact) mass is 215 g/mol. The summed E-state index contributed by atoms with van der Waals surface area (Å²) >= 11 is 0. The van der Waals surface area contributed by atoms with Crippen LogP contribution in [0.1, 0.15) is 10.5 Å². The topological polar surface area (TPSA) is 93.8 Å². The fourth-order valence-electron chi connectivity index (χ4n) is 1.07. The lowest BCUT2D eigenvalue weighted by Crippen LogP contribution is -2.15. The van der Waals surface area contributed by atoms with E-state index in [0.717, 1.165) is 0 Å². The van der Waals surface area contributed by atoms with Gasteiger partial charge in [-0.3, -0.25) is 10.1 Å². The zero-order valence-corrected chi connectivity index (χ0v) is 8.29. The second-order valence-corrected chi connectivity index (χ2v) is 3.00. The highest BCUT2D eigenvalue weighted by Crippen LogP contribution is 2.03. The molecule has 0 radical (unpaired) electrons. The number of pyridine rings is 1. The highest BCUT2D eigenvalue weighted by atomic mass is 16.2. The third-order valence-electron chi connectivity index (χ3n) is 1.81. The van der Waals surface area contributed by atoms with Crippen molar-refractivity contribution in [3.63, 3.8) is 0 Å². The number of hydrogen-bond donors (Lipinski definition) is 2. The number of nitrogens with zero attached hydrogens (tertiary/aromatic N) is 3. The van der Waals surface area contributed by atoms with Gasteiger partial charge in [-0.05, 0) is 18.2 Å². The summed E-state index contributed by atoms with van der Waals surface area (Å²) in [5.41, 5.74) is 6.23. The molecule has 1 amide bonds. The van der Waals surface area contributed by atoms with Crippen molar-refractivity contribution in [2.75, 3.05) is 11.1 Å². The molecule has 0 atom stereocenters. The summed E-state index contributed by atoms with van der Waals surface area (Å²) in [6.45, 7) is 0. The molecule has 80 valence electrons. The molecule has 2 aromatic heterocycles. The number of carbonyl (C=O) groups is 1. The van der Waals surface area contributed by atoms with Crippen molar-refractivity contribution in [1.29, 1.82) is 0 Å². The Morgan fingerprint density at radius 1 is 1.19 bits per heavy atom. The second-order valence-electron chi connectivity index (χ2n) is 3.00. The van der Waals surface area contributed by atoms with E-state index in [1.165, 1.54) is 12.3 Å². The van der Waals surface area contributed by atoms with E-state index in [-0.39, 0.29) is 17.5 Å². The van der Waals surface area contributed by atoms with Gasteiger partial charge in [-0.2, -0.15) is 0 Å². The van der Waals surface area contributed by atoms with Crippen molar-refractivity contribution in [2.45, 2.75) is 0 Å². The summed E-state index contributed by atoms with van der Waals surface area (Å²) in [7, 11) is 0. The maximum atomic E-state index is 11.6. The predicted molar refractivity (Wildman–Crippen MR) is 58.6 cm³/mol. The summed E-state index contributed by atoms with van der Waals surface area (Å²) in [4.78, 5) is 23.2. The lowest BCUT2D eigenvalue weighted by Gasteiger charge is -2.02. The van der Waals surface area contributed by atoms with Gasteiger partial charge >= 0.3 is 0 Å². The Morgan fingerprint density at radius 2 is 1.94 bits per heavy atom. The third-order valence-corrected chi connectivity index (χ3v) is 1.81. The van der Waals surface area contributed by atoms with Crippen LogP contribution in [0.5, 0.6) is 0 Å². The smallest absolute Gasteiger partial charge is 0.276 e. The zero-order valence-electron chi connectivity index (χ0n) is 8.29. The molecule has 0 aliphatic rings. The molecular formula is C10H9N5O. The van der Waals surface area contributed by atoms with E-state index >= 15 is 0 Å². The van der Waals surface area contributed by atoms with Crippen LogP contribution in [0.2, 0.25) is 0 Å². The fraction of sp³-hybridized carbons (Fsp3) is 0. The number of anilines is 2. The van der Waals surface area contributed by atoms with E-state index in [0.29, 0.717) is 5.69 Å². The molecule has 0 saturated heterocycles. The van der Waals surface area contributed by atoms with E-state index in [4.69, 9.17) is 5.73 Å². The van der Waals surface area contributed by atoms with Crippen molar-refractivity contribution >= 4 is 17.5 Å². The van der Waals surface area contributed by atoms with Crippen LogP contribution >= 0.6 is 0 Å². The highest BCUT2D eigenvalue weighted by molar-refractivity contribution is 6.01. The molecule has 0 fully saturated rings. The average Bonchev–Trinajstić information content (AvgIpc) is 2.31. The van der Waals surface area contributed by atoms with Gasteiger partial charge in [0.25, 0.3) is 5.91 Å². The predicted octanol–water partition coefficient (Wildman–Crippen LogP) is 0.706. The molecular weight excluding hydrogens is 206 g/mol. The van der Waals surface area contributed by atoms with E-state index in [1.54, 1.807) is 24.5 Å². The lowest BCUT2D eigenvalue weighted by atomic mass is 10.3. The number of nitrogens with two attached hydrogens (primary N) is 1. The van der Waals surface area contributed by atoms with Gasteiger partial charge in [0.05, 0.1) is 11.9 Å². The van der Waals surface area contributed by atoms with Crippen molar-refractivity contribution in [1.82, 2.24) is 15.0 Å². The van der Waals surface area contributed by atoms with Crippen molar-refractivity contribution in [3.8, 4) is 0 Å². The van der Waals surface area contributed by atoms with Gasteiger partial charge in [-0.25, -0.2) is 15.0 Å². The molecule has 3 N–H and O–H groups in total. The second kappa shape index (κ2) is 4.35. The number of amides is 1. The molecule has 0 aliphatic carbocycles. The molecule has 16 heavy (non-hydrogen) atoms. The van der Waals surface area contributed by atoms with Crippen LogP contribution in [-0.4, -0.2) is 20.9 Å². The van der Waals surface area contributed by atoms with E-state index in [9.17, 15) is 4.79 Å². The van der Waals surface area contributed by atoms with Gasteiger partial charge in [0.1, 0.15) is 5.69 Å². The maximum absolute atomic E-state index is 11.6. The molecule has 2 heterocycles. The number of hydrogen-bond acceptors (Lipinski definition) is 5. The first-order valence-electron chi connectivity index (χ1n) is 4.55. The first-order chi connectivity index (χ1) is 7.75. The van der Waals surface area contributed by atoms with E-state index < -0.39 is 0 Å². The molecule has 2 rings (SSSR count). The Morgan fingerprint density at radius 3 is 2.56 bits per heavy atom. The van der Waals surface area contributed by atoms with Gasteiger partial charge in [0.15, 0.2) is 0 Å². The van der Waals surface area contributed by atoms with Crippen LogP contribution < -0.4 is 11.1 Å². The summed E-state index contributed by atoms with van der Waals surface area (Å²) < 4.78 is 0. The largest absolute Gasteiger partial charge is 0.397 e. The summed E-state index contributed by atoms with van der Waals surface area (Å²) in [5.74, 6) is -0.127. The Labute approximate surface area is 91.6 Å². The molecule has 0 spiro atoms. The molecule has 0 unspecified atom stereocenters. The number of nitrogen functional groups attached to an aromatic ring is 1. The van der Waals surface area contributed by atoms with Crippen LogP contribution in [0, 0.1) is 0 Å². The number of rotatable bonds is 2. The normalized spacial score (nSPS) is 9.75. The van der Waals surface area contributed by atoms with Gasteiger partial charge in [-0.15, -0.1) is 0 Å². The van der Waals surface area contributed by atoms with Crippen LogP contribution in [0.15, 0.2) is 36.8 Å². The average molecular weight is 215 g/mol. The number of carbonyl (C=O) groups excluding carboxylic acids is 1. The van der Waals surface area contributed by atoms with Gasteiger partial charge < -0.3 is 5.73 Å². The van der Waals surface area contributed by atoms with E-state index in [2.05, 4.69) is 20.3 Å². The van der Waals surface area contributed by atoms with Crippen LogP contribution in [-0.2, 0) is 0 Å². The van der Waals surface area contributed by atoms with Crippen LogP contribution in [0.25, 0.3) is 0 Å². The Kier molecular flexibility index (Phi) is 2.73. The SMILES string of the molecule is Nc1ccc(C(=O)Nc2ncccn2)nc1. The zero-order chi connectivity index (χ0) is 11.4. The summed E-state index contributed by atoms with van der Waals surface area (Å²) in [5, 5.41) is 2.51. The minimum Gasteiger partial charge on any atom is -0.397 e. The third kappa shape index (κ3) is 2.30. The summed E-state index contributed by atoms with van der Waals surface area (Å²) in [6.07, 6.45) is 4.50. The first kappa shape index (κ1) is 10.0. The Bertz CT molecular complexity index is 482. The van der Waals surface area contributed by atoms with Crippen LogP contribution in [0.3, 0.4) is 0 Å². The first-order valence-corrected chi connectivity index (χ1v) is 4.55. The molecule has 6 heteroatoms. The minimum atomic E-state index is -0.369. The van der Waals surface area contributed by atoms with Crippen molar-refractivity contribution in [3.05, 3.63) is 42.5 Å². The van der Waals surface area contributed by atoms with Gasteiger partial charge in [0, 0.05) is 12.4 Å². The summed E-state index contributed by atoms with van der Waals surface area (Å²) in [6, 6.07) is 4.80. The fourth-order valence-corrected chi connectivity index (χ4v) is 1.07. The number of nitrogens with one attached hydrogen (secondary N) is 1. The standard InChI is InChI=1S/C10H9N5O/c11-7-2-3-8(14-6-7)9(16)15-10-12-4-1-5-13-10/h1-6H,11H2,(H,12,13,15,16). The van der Waals surface area contributed by atoms with Crippen LogP contribution in [0.4, 0.5) is 11.6 Å².